The maximum absolute atomic E-state index is 12.7. The van der Waals surface area contributed by atoms with Gasteiger partial charge in [-0.2, -0.15) is 4.98 Å². The Morgan fingerprint density at radius 1 is 1.23 bits per heavy atom. The van der Waals surface area contributed by atoms with Crippen LogP contribution in [0.15, 0.2) is 28.8 Å². The molecule has 2 N–H and O–H groups in total. The fraction of sp³-hybridized carbons (Fsp3) is 0.550. The Morgan fingerprint density at radius 3 is 2.81 bits per heavy atom. The molecule has 1 aliphatic heterocycles. The van der Waals surface area contributed by atoms with Crippen LogP contribution in [0.4, 0.5) is 0 Å². The predicted octanol–water partition coefficient (Wildman–Crippen LogP) is 3.62. The molecule has 6 nitrogen and oxygen atoms in total. The van der Waals surface area contributed by atoms with Crippen molar-refractivity contribution in [2.24, 2.45) is 5.73 Å². The van der Waals surface area contributed by atoms with Gasteiger partial charge in [0, 0.05) is 18.5 Å². The molecule has 1 fully saturated rings. The Labute approximate surface area is 154 Å². The number of benzene rings is 1. The number of amides is 1. The Morgan fingerprint density at radius 2 is 2.04 bits per heavy atom. The summed E-state index contributed by atoms with van der Waals surface area (Å²) in [6.45, 7) is 3.50. The number of carbonyl (C=O) groups is 1. The maximum atomic E-state index is 12.7. The van der Waals surface area contributed by atoms with Gasteiger partial charge in [-0.1, -0.05) is 41.4 Å². The lowest BCUT2D eigenvalue weighted by atomic mass is 10.0. The number of aryl methyl sites for hydroxylation is 1. The molecule has 0 aliphatic carbocycles. The molecule has 1 aromatic heterocycles. The van der Waals surface area contributed by atoms with Crippen molar-refractivity contribution in [2.75, 3.05) is 13.1 Å². The minimum atomic E-state index is -0.0996. The fourth-order valence-electron chi connectivity index (χ4n) is 3.42. The molecule has 26 heavy (non-hydrogen) atoms. The van der Waals surface area contributed by atoms with Crippen LogP contribution < -0.4 is 5.73 Å². The number of nitrogens with zero attached hydrogens (tertiary/aromatic N) is 3. The van der Waals surface area contributed by atoms with E-state index in [0.717, 1.165) is 50.6 Å². The highest BCUT2D eigenvalue weighted by Crippen LogP contribution is 2.32. The first-order chi connectivity index (χ1) is 12.7. The summed E-state index contributed by atoms with van der Waals surface area (Å²) in [4.78, 5) is 19.2. The molecule has 0 spiro atoms. The number of piperidine rings is 1. The van der Waals surface area contributed by atoms with E-state index >= 15 is 0 Å². The second kappa shape index (κ2) is 8.94. The fourth-order valence-corrected chi connectivity index (χ4v) is 3.42. The molecule has 140 valence electrons. The summed E-state index contributed by atoms with van der Waals surface area (Å²) in [6.07, 6.45) is 6.41. The topological polar surface area (TPSA) is 85.2 Å². The molecule has 1 atom stereocenters. The van der Waals surface area contributed by atoms with Crippen LogP contribution in [0.5, 0.6) is 0 Å². The van der Waals surface area contributed by atoms with E-state index in [0.29, 0.717) is 24.7 Å². The normalized spacial score (nSPS) is 17.5. The first-order valence-corrected chi connectivity index (χ1v) is 9.59. The lowest BCUT2D eigenvalue weighted by Gasteiger charge is -2.33. The van der Waals surface area contributed by atoms with E-state index < -0.39 is 0 Å². The summed E-state index contributed by atoms with van der Waals surface area (Å²) in [5.74, 6) is 1.32. The number of unbranched alkanes of at least 4 members (excludes halogenated alkanes) is 2. The van der Waals surface area contributed by atoms with Crippen LogP contribution in [0, 0.1) is 6.92 Å². The van der Waals surface area contributed by atoms with Gasteiger partial charge < -0.3 is 15.2 Å². The van der Waals surface area contributed by atoms with Crippen LogP contribution in [0.25, 0.3) is 11.4 Å². The quantitative estimate of drug-likeness (QED) is 0.766. The minimum Gasteiger partial charge on any atom is -0.337 e. The third-order valence-electron chi connectivity index (χ3n) is 4.95. The third-order valence-corrected chi connectivity index (χ3v) is 4.95. The van der Waals surface area contributed by atoms with Crippen LogP contribution >= 0.6 is 0 Å². The summed E-state index contributed by atoms with van der Waals surface area (Å²) in [7, 11) is 0. The van der Waals surface area contributed by atoms with Gasteiger partial charge >= 0.3 is 0 Å². The van der Waals surface area contributed by atoms with Crippen LogP contribution in [0.2, 0.25) is 0 Å². The molecule has 2 heterocycles. The molecule has 0 bridgehead atoms. The average Bonchev–Trinajstić information content (AvgIpc) is 3.16. The largest absolute Gasteiger partial charge is 0.337 e. The smallest absolute Gasteiger partial charge is 0.249 e. The van der Waals surface area contributed by atoms with E-state index in [4.69, 9.17) is 10.3 Å². The monoisotopic (exact) mass is 356 g/mol. The van der Waals surface area contributed by atoms with Gasteiger partial charge in [0.1, 0.15) is 6.04 Å². The highest BCUT2D eigenvalue weighted by molar-refractivity contribution is 5.76. The number of nitrogens with two attached hydrogens (primary N) is 1. The van der Waals surface area contributed by atoms with Crippen molar-refractivity contribution < 1.29 is 9.32 Å². The van der Waals surface area contributed by atoms with Crippen molar-refractivity contribution in [3.8, 4) is 11.4 Å². The number of hydrogen-bond acceptors (Lipinski definition) is 5. The highest BCUT2D eigenvalue weighted by Gasteiger charge is 2.31. The number of carbonyl (C=O) groups excluding carboxylic acids is 1. The molecule has 0 radical (unpaired) electrons. The minimum absolute atomic E-state index is 0.0996. The molecular weight excluding hydrogens is 328 g/mol. The summed E-state index contributed by atoms with van der Waals surface area (Å²) in [5, 5.41) is 4.13. The average molecular weight is 356 g/mol. The molecule has 2 aromatic rings. The Balaban J connectivity index is 1.69. The number of likely N-dealkylation sites (tertiary alicyclic amines) is 1. The zero-order valence-corrected chi connectivity index (χ0v) is 15.5. The van der Waals surface area contributed by atoms with Gasteiger partial charge in [0.05, 0.1) is 0 Å². The van der Waals surface area contributed by atoms with Gasteiger partial charge in [-0.25, -0.2) is 0 Å². The van der Waals surface area contributed by atoms with Crippen LogP contribution in [-0.4, -0.2) is 34.0 Å². The van der Waals surface area contributed by atoms with Crippen molar-refractivity contribution in [1.82, 2.24) is 15.0 Å². The zero-order valence-electron chi connectivity index (χ0n) is 15.5. The van der Waals surface area contributed by atoms with Crippen molar-refractivity contribution in [1.29, 1.82) is 0 Å². The lowest BCUT2D eigenvalue weighted by molar-refractivity contribution is -0.135. The Hall–Kier alpha value is -2.21. The van der Waals surface area contributed by atoms with Crippen LogP contribution in [0.3, 0.4) is 0 Å². The first kappa shape index (κ1) is 18.6. The Kier molecular flexibility index (Phi) is 6.39. The molecule has 1 amide bonds. The summed E-state index contributed by atoms with van der Waals surface area (Å²) < 4.78 is 5.54. The van der Waals surface area contributed by atoms with E-state index in [2.05, 4.69) is 10.1 Å². The molecule has 6 heteroatoms. The van der Waals surface area contributed by atoms with Crippen LogP contribution in [0.1, 0.15) is 62.4 Å². The first-order valence-electron chi connectivity index (χ1n) is 9.59. The predicted molar refractivity (Wildman–Crippen MR) is 100 cm³/mol. The van der Waals surface area contributed by atoms with Gasteiger partial charge in [0.25, 0.3) is 0 Å². The van der Waals surface area contributed by atoms with Gasteiger partial charge in [-0.05, 0) is 45.6 Å². The maximum Gasteiger partial charge on any atom is 0.249 e. The summed E-state index contributed by atoms with van der Waals surface area (Å²) in [5.41, 5.74) is 7.64. The molecule has 1 saturated heterocycles. The standard InChI is InChI=1S/C20H28N4O2/c1-15-9-11-16(12-10-15)19-22-20(26-23-19)17-7-4-6-14-24(17)18(25)8-3-2-5-13-21/h9-12,17H,2-8,13-14,21H2,1H3. The van der Waals surface area contributed by atoms with Crippen LogP contribution in [-0.2, 0) is 4.79 Å². The van der Waals surface area contributed by atoms with E-state index in [1.165, 1.54) is 5.56 Å². The van der Waals surface area contributed by atoms with Gasteiger partial charge in [0.15, 0.2) is 0 Å². The third kappa shape index (κ3) is 4.49. The van der Waals surface area contributed by atoms with Crippen molar-refractivity contribution >= 4 is 5.91 Å². The van der Waals surface area contributed by atoms with Gasteiger partial charge in [-0.3, -0.25) is 4.79 Å². The molecular formula is C20H28N4O2. The zero-order chi connectivity index (χ0) is 18.4. The number of aromatic nitrogens is 2. The van der Waals surface area contributed by atoms with E-state index in [-0.39, 0.29) is 11.9 Å². The number of rotatable bonds is 7. The highest BCUT2D eigenvalue weighted by atomic mass is 16.5. The van der Waals surface area contributed by atoms with Crippen molar-refractivity contribution in [2.45, 2.75) is 57.9 Å². The van der Waals surface area contributed by atoms with Gasteiger partial charge in [0.2, 0.25) is 17.6 Å². The van der Waals surface area contributed by atoms with Crippen molar-refractivity contribution in [3.63, 3.8) is 0 Å². The number of hydrogen-bond donors (Lipinski definition) is 1. The van der Waals surface area contributed by atoms with Crippen molar-refractivity contribution in [3.05, 3.63) is 35.7 Å². The summed E-state index contributed by atoms with van der Waals surface area (Å²) >= 11 is 0. The second-order valence-electron chi connectivity index (χ2n) is 7.02. The van der Waals surface area contributed by atoms with E-state index in [1.807, 2.05) is 36.1 Å². The second-order valence-corrected chi connectivity index (χ2v) is 7.02. The van der Waals surface area contributed by atoms with E-state index in [1.54, 1.807) is 0 Å². The SMILES string of the molecule is Cc1ccc(-c2noc(C3CCCCN3C(=O)CCCCCN)n2)cc1. The molecule has 3 rings (SSSR count). The molecule has 0 saturated carbocycles. The Bertz CT molecular complexity index is 711. The van der Waals surface area contributed by atoms with Gasteiger partial charge in [-0.15, -0.1) is 0 Å². The molecule has 1 aliphatic rings. The van der Waals surface area contributed by atoms with E-state index in [9.17, 15) is 4.79 Å². The summed E-state index contributed by atoms with van der Waals surface area (Å²) in [6, 6.07) is 7.94. The molecule has 1 unspecified atom stereocenters. The molecule has 1 aromatic carbocycles. The lowest BCUT2D eigenvalue weighted by Crippen LogP contribution is -2.38.